The molecule has 20 heavy (non-hydrogen) atoms. The van der Waals surface area contributed by atoms with Gasteiger partial charge < -0.3 is 4.57 Å². The number of hydrogen-bond acceptors (Lipinski definition) is 3. The van der Waals surface area contributed by atoms with Crippen LogP contribution in [0, 0.1) is 0 Å². The largest absolute Gasteiger partial charge is 0.330 e. The first-order chi connectivity index (χ1) is 9.49. The Morgan fingerprint density at radius 2 is 1.65 bits per heavy atom. The van der Waals surface area contributed by atoms with Gasteiger partial charge in [-0.15, -0.1) is 0 Å². The summed E-state index contributed by atoms with van der Waals surface area (Å²) in [5.74, 6) is -0.170. The van der Waals surface area contributed by atoms with Gasteiger partial charge in [0, 0.05) is 26.7 Å². The highest BCUT2D eigenvalue weighted by Crippen LogP contribution is 2.08. The van der Waals surface area contributed by atoms with E-state index in [1.165, 1.54) is 37.1 Å². The van der Waals surface area contributed by atoms with Gasteiger partial charge in [-0.2, -0.15) is 0 Å². The molecule has 0 aromatic carbocycles. The Labute approximate surface area is 119 Å². The zero-order valence-corrected chi connectivity index (χ0v) is 12.6. The number of carbonyl (C=O) groups is 1. The second kappa shape index (κ2) is 7.82. The third-order valence-electron chi connectivity index (χ3n) is 3.50. The van der Waals surface area contributed by atoms with Crippen molar-refractivity contribution < 1.29 is 4.79 Å². The monoisotopic (exact) mass is 280 g/mol. The first-order valence-electron chi connectivity index (χ1n) is 7.29. The Hall–Kier alpha value is -1.65. The molecular weight excluding hydrogens is 256 g/mol. The van der Waals surface area contributed by atoms with Crippen LogP contribution in [0.4, 0.5) is 0 Å². The molecular formula is C15H24N2O3. The minimum Gasteiger partial charge on any atom is -0.303 e. The van der Waals surface area contributed by atoms with Crippen molar-refractivity contribution in [3.05, 3.63) is 32.6 Å². The number of unbranched alkanes of at least 4 members (excludes halogenated alkanes) is 5. The van der Waals surface area contributed by atoms with Crippen molar-refractivity contribution in [2.75, 3.05) is 0 Å². The number of aromatic nitrogens is 2. The number of Topliss-reactive ketones (excluding diaryl/α,β-unsaturated/α-hetero) is 1. The lowest BCUT2D eigenvalue weighted by atomic mass is 10.1. The number of ketones is 1. The quantitative estimate of drug-likeness (QED) is 0.540. The fourth-order valence-corrected chi connectivity index (χ4v) is 2.20. The van der Waals surface area contributed by atoms with E-state index in [9.17, 15) is 14.4 Å². The summed E-state index contributed by atoms with van der Waals surface area (Å²) < 4.78 is 2.25. The highest BCUT2D eigenvalue weighted by Gasteiger charge is 2.14. The van der Waals surface area contributed by atoms with Gasteiger partial charge in [0.15, 0.2) is 5.78 Å². The topological polar surface area (TPSA) is 61.1 Å². The second-order valence-electron chi connectivity index (χ2n) is 5.24. The molecule has 112 valence electrons. The van der Waals surface area contributed by atoms with Crippen LogP contribution in [0.2, 0.25) is 0 Å². The predicted octanol–water partition coefficient (Wildman–Crippen LogP) is 2.02. The lowest BCUT2D eigenvalue weighted by molar-refractivity contribution is 0.0976. The molecule has 0 N–H and O–H groups in total. The summed E-state index contributed by atoms with van der Waals surface area (Å²) in [4.78, 5) is 35.5. The molecule has 0 unspecified atom stereocenters. The zero-order chi connectivity index (χ0) is 15.1. The number of hydrogen-bond donors (Lipinski definition) is 0. The van der Waals surface area contributed by atoms with Gasteiger partial charge in [0.05, 0.1) is 5.56 Å². The molecule has 5 nitrogen and oxygen atoms in total. The van der Waals surface area contributed by atoms with Gasteiger partial charge in [0.25, 0.3) is 5.56 Å². The van der Waals surface area contributed by atoms with E-state index in [1.54, 1.807) is 7.05 Å². The van der Waals surface area contributed by atoms with Crippen molar-refractivity contribution in [1.82, 2.24) is 9.13 Å². The van der Waals surface area contributed by atoms with E-state index in [0.717, 1.165) is 23.8 Å². The maximum atomic E-state index is 12.0. The van der Waals surface area contributed by atoms with Crippen LogP contribution in [0.3, 0.4) is 0 Å². The molecule has 0 radical (unpaired) electrons. The van der Waals surface area contributed by atoms with E-state index in [0.29, 0.717) is 6.42 Å². The summed E-state index contributed by atoms with van der Waals surface area (Å²) in [5.41, 5.74) is -0.793. The van der Waals surface area contributed by atoms with Gasteiger partial charge in [-0.25, -0.2) is 4.79 Å². The van der Waals surface area contributed by atoms with Crippen LogP contribution in [0.1, 0.15) is 62.2 Å². The van der Waals surface area contributed by atoms with E-state index in [2.05, 4.69) is 6.92 Å². The average Bonchev–Trinajstić information content (AvgIpc) is 2.44. The van der Waals surface area contributed by atoms with Gasteiger partial charge in [0.2, 0.25) is 0 Å². The summed E-state index contributed by atoms with van der Waals surface area (Å²) in [6, 6.07) is 0. The minimum atomic E-state index is -0.496. The third kappa shape index (κ3) is 4.18. The van der Waals surface area contributed by atoms with Crippen molar-refractivity contribution in [1.29, 1.82) is 0 Å². The minimum absolute atomic E-state index is 0.114. The van der Waals surface area contributed by atoms with E-state index in [4.69, 9.17) is 0 Å². The molecule has 0 saturated heterocycles. The molecule has 0 saturated carbocycles. The maximum absolute atomic E-state index is 12.0. The van der Waals surface area contributed by atoms with Gasteiger partial charge in [0.1, 0.15) is 0 Å². The molecule has 0 bridgehead atoms. The molecule has 1 aromatic heterocycles. The summed E-state index contributed by atoms with van der Waals surface area (Å²) in [6.07, 6.45) is 8.30. The molecule has 0 fully saturated rings. The Kier molecular flexibility index (Phi) is 6.42. The van der Waals surface area contributed by atoms with Crippen LogP contribution < -0.4 is 11.2 Å². The zero-order valence-electron chi connectivity index (χ0n) is 12.6. The maximum Gasteiger partial charge on any atom is 0.330 e. The molecule has 0 spiro atoms. The normalized spacial score (nSPS) is 10.8. The van der Waals surface area contributed by atoms with Crippen molar-refractivity contribution in [2.45, 2.75) is 51.9 Å². The molecule has 1 rings (SSSR count). The lowest BCUT2D eigenvalue weighted by Crippen LogP contribution is -2.39. The van der Waals surface area contributed by atoms with E-state index in [1.807, 2.05) is 0 Å². The van der Waals surface area contributed by atoms with E-state index >= 15 is 0 Å². The van der Waals surface area contributed by atoms with Crippen LogP contribution in [-0.4, -0.2) is 14.9 Å². The van der Waals surface area contributed by atoms with Gasteiger partial charge >= 0.3 is 5.69 Å². The summed E-state index contributed by atoms with van der Waals surface area (Å²) in [6.45, 7) is 2.17. The Bertz CT molecular complexity index is 569. The molecule has 0 atom stereocenters. The SMILES string of the molecule is CCCCCCCCC(=O)c1cn(C)c(=O)n(C)c1=O. The van der Waals surface area contributed by atoms with Crippen molar-refractivity contribution in [3.63, 3.8) is 0 Å². The van der Waals surface area contributed by atoms with Gasteiger partial charge in [-0.1, -0.05) is 39.0 Å². The smallest absolute Gasteiger partial charge is 0.303 e. The number of aryl methyl sites for hydroxylation is 1. The van der Waals surface area contributed by atoms with Crippen LogP contribution in [0.5, 0.6) is 0 Å². The Morgan fingerprint density at radius 1 is 1.05 bits per heavy atom. The first-order valence-corrected chi connectivity index (χ1v) is 7.29. The van der Waals surface area contributed by atoms with Crippen LogP contribution in [0.25, 0.3) is 0 Å². The van der Waals surface area contributed by atoms with Crippen LogP contribution in [0.15, 0.2) is 15.8 Å². The molecule has 1 aromatic rings. The number of rotatable bonds is 8. The summed E-state index contributed by atoms with van der Waals surface area (Å²) >= 11 is 0. The summed E-state index contributed by atoms with van der Waals surface area (Å²) in [5, 5.41) is 0. The number of carbonyl (C=O) groups excluding carboxylic acids is 1. The standard InChI is InChI=1S/C15H24N2O3/c1-4-5-6-7-8-9-10-13(18)12-11-16(2)15(20)17(3)14(12)19/h11H,4-10H2,1-3H3. The molecule has 0 aliphatic heterocycles. The fourth-order valence-electron chi connectivity index (χ4n) is 2.20. The van der Waals surface area contributed by atoms with Crippen molar-refractivity contribution in [3.8, 4) is 0 Å². The van der Waals surface area contributed by atoms with Crippen LogP contribution >= 0.6 is 0 Å². The highest BCUT2D eigenvalue weighted by atomic mass is 16.2. The fraction of sp³-hybridized carbons (Fsp3) is 0.667. The first kappa shape index (κ1) is 16.4. The molecule has 5 heteroatoms. The van der Waals surface area contributed by atoms with Gasteiger partial charge in [-0.3, -0.25) is 14.2 Å². The average molecular weight is 280 g/mol. The molecule has 0 aliphatic carbocycles. The Balaban J connectivity index is 2.61. The van der Waals surface area contributed by atoms with Crippen molar-refractivity contribution >= 4 is 5.78 Å². The van der Waals surface area contributed by atoms with Crippen LogP contribution in [-0.2, 0) is 14.1 Å². The summed E-state index contributed by atoms with van der Waals surface area (Å²) in [7, 11) is 2.94. The molecule has 0 aliphatic rings. The highest BCUT2D eigenvalue weighted by molar-refractivity contribution is 5.95. The molecule has 0 amide bonds. The molecule has 1 heterocycles. The van der Waals surface area contributed by atoms with Gasteiger partial charge in [-0.05, 0) is 6.42 Å². The lowest BCUT2D eigenvalue weighted by Gasteiger charge is -2.06. The Morgan fingerprint density at radius 3 is 2.30 bits per heavy atom. The third-order valence-corrected chi connectivity index (χ3v) is 3.50. The van der Waals surface area contributed by atoms with E-state index < -0.39 is 11.2 Å². The number of nitrogens with zero attached hydrogens (tertiary/aromatic N) is 2. The predicted molar refractivity (Wildman–Crippen MR) is 79.2 cm³/mol. The van der Waals surface area contributed by atoms with Crippen molar-refractivity contribution in [2.24, 2.45) is 14.1 Å². The van der Waals surface area contributed by atoms with E-state index in [-0.39, 0.29) is 11.3 Å². The second-order valence-corrected chi connectivity index (χ2v) is 5.24.